The number of benzene rings is 3. The lowest BCUT2D eigenvalue weighted by Gasteiger charge is -2.36. The van der Waals surface area contributed by atoms with Crippen LogP contribution in [0.2, 0.25) is 5.02 Å². The molecule has 2 atom stereocenters. The van der Waals surface area contributed by atoms with Crippen molar-refractivity contribution in [2.75, 3.05) is 13.1 Å². The van der Waals surface area contributed by atoms with E-state index in [0.29, 0.717) is 22.9 Å². The first kappa shape index (κ1) is 21.8. The van der Waals surface area contributed by atoms with Crippen molar-refractivity contribution in [3.63, 3.8) is 0 Å². The number of nitrogens with one attached hydrogen (secondary N) is 1. The molecule has 34 heavy (non-hydrogen) atoms. The van der Waals surface area contributed by atoms with Gasteiger partial charge in [0.2, 0.25) is 0 Å². The van der Waals surface area contributed by atoms with Crippen molar-refractivity contribution in [1.82, 2.24) is 14.9 Å². The summed E-state index contributed by atoms with van der Waals surface area (Å²) >= 11 is 6.11. The summed E-state index contributed by atoms with van der Waals surface area (Å²) < 4.78 is 13.2. The van der Waals surface area contributed by atoms with Crippen molar-refractivity contribution in [3.8, 4) is 11.4 Å². The zero-order valence-electron chi connectivity index (χ0n) is 19.2. The molecule has 1 saturated heterocycles. The average molecular weight is 474 g/mol. The smallest absolute Gasteiger partial charge is 0.138 e. The molecular weight excluding hydrogens is 445 g/mol. The van der Waals surface area contributed by atoms with Gasteiger partial charge in [0.25, 0.3) is 0 Å². The summed E-state index contributed by atoms with van der Waals surface area (Å²) in [5.41, 5.74) is 5.73. The number of fused-ring (bicyclic) bond motifs is 1. The maximum Gasteiger partial charge on any atom is 0.138 e. The summed E-state index contributed by atoms with van der Waals surface area (Å²) in [4.78, 5) is 10.8. The van der Waals surface area contributed by atoms with E-state index in [1.54, 1.807) is 12.1 Å². The standard InChI is InChI=1S/C29H29ClFN3/c30-24-8-12-27-28(18-24)33-29(32-27)22-3-1-20(2-4-22)23-7-11-26(17-23)34-15-13-21(14-16-34)19-5-9-25(31)10-6-19/h1-6,8-10,12,18,21,23,26H,7,11,13-17H2,(H,32,33). The van der Waals surface area contributed by atoms with Crippen LogP contribution in [0.1, 0.15) is 55.1 Å². The van der Waals surface area contributed by atoms with Gasteiger partial charge in [0.1, 0.15) is 11.6 Å². The molecule has 174 valence electrons. The Labute approximate surface area is 205 Å². The molecule has 2 fully saturated rings. The first-order chi connectivity index (χ1) is 16.6. The highest BCUT2D eigenvalue weighted by Gasteiger charge is 2.32. The lowest BCUT2D eigenvalue weighted by Crippen LogP contribution is -2.39. The molecular formula is C29H29ClFN3. The number of imidazole rings is 1. The van der Waals surface area contributed by atoms with Gasteiger partial charge in [-0.2, -0.15) is 0 Å². The van der Waals surface area contributed by atoms with Crippen LogP contribution in [0.25, 0.3) is 22.4 Å². The van der Waals surface area contributed by atoms with Gasteiger partial charge in [0.05, 0.1) is 11.0 Å². The molecule has 0 spiro atoms. The Bertz CT molecular complexity index is 1270. The van der Waals surface area contributed by atoms with Gasteiger partial charge in [-0.15, -0.1) is 0 Å². The molecule has 2 heterocycles. The largest absolute Gasteiger partial charge is 0.338 e. The molecule has 1 aliphatic carbocycles. The van der Waals surface area contributed by atoms with Gasteiger partial charge in [0.15, 0.2) is 0 Å². The van der Waals surface area contributed by atoms with Crippen molar-refractivity contribution < 1.29 is 4.39 Å². The topological polar surface area (TPSA) is 31.9 Å². The van der Waals surface area contributed by atoms with E-state index in [1.807, 2.05) is 30.3 Å². The first-order valence-electron chi connectivity index (χ1n) is 12.4. The molecule has 3 nitrogen and oxygen atoms in total. The molecule has 3 aromatic carbocycles. The molecule has 0 radical (unpaired) electrons. The zero-order chi connectivity index (χ0) is 23.1. The molecule has 2 aliphatic rings. The van der Waals surface area contributed by atoms with Crippen molar-refractivity contribution in [2.24, 2.45) is 0 Å². The van der Waals surface area contributed by atoms with Gasteiger partial charge < -0.3 is 9.88 Å². The van der Waals surface area contributed by atoms with Crippen LogP contribution in [0, 0.1) is 5.82 Å². The molecule has 1 aromatic heterocycles. The van der Waals surface area contributed by atoms with E-state index in [2.05, 4.69) is 34.1 Å². The molecule has 1 saturated carbocycles. The molecule has 6 rings (SSSR count). The van der Waals surface area contributed by atoms with Crippen LogP contribution in [0.15, 0.2) is 66.7 Å². The van der Waals surface area contributed by atoms with E-state index in [9.17, 15) is 4.39 Å². The first-order valence-corrected chi connectivity index (χ1v) is 12.8. The fourth-order valence-electron chi connectivity index (χ4n) is 5.96. The van der Waals surface area contributed by atoms with Crippen LogP contribution in [-0.2, 0) is 0 Å². The minimum absolute atomic E-state index is 0.145. The predicted octanol–water partition coefficient (Wildman–Crippen LogP) is 7.54. The Morgan fingerprint density at radius 2 is 1.53 bits per heavy atom. The summed E-state index contributed by atoms with van der Waals surface area (Å²) in [6.07, 6.45) is 6.11. The van der Waals surface area contributed by atoms with Crippen LogP contribution in [0.3, 0.4) is 0 Å². The minimum atomic E-state index is -0.145. The Hall–Kier alpha value is -2.69. The number of hydrogen-bond acceptors (Lipinski definition) is 2. The fraction of sp³-hybridized carbons (Fsp3) is 0.345. The Balaban J connectivity index is 1.07. The fourth-order valence-corrected chi connectivity index (χ4v) is 6.13. The summed E-state index contributed by atoms with van der Waals surface area (Å²) in [6, 6.07) is 22.5. The van der Waals surface area contributed by atoms with Gasteiger partial charge >= 0.3 is 0 Å². The van der Waals surface area contributed by atoms with Crippen LogP contribution >= 0.6 is 11.6 Å². The number of rotatable bonds is 4. The molecule has 5 heteroatoms. The summed E-state index contributed by atoms with van der Waals surface area (Å²) in [7, 11) is 0. The predicted molar refractivity (Wildman–Crippen MR) is 137 cm³/mol. The Morgan fingerprint density at radius 3 is 2.29 bits per heavy atom. The van der Waals surface area contributed by atoms with Gasteiger partial charge in [-0.05, 0) is 98.5 Å². The van der Waals surface area contributed by atoms with E-state index in [1.165, 1.54) is 43.2 Å². The van der Waals surface area contributed by atoms with E-state index >= 15 is 0 Å². The monoisotopic (exact) mass is 473 g/mol. The number of nitrogens with zero attached hydrogens (tertiary/aromatic N) is 2. The third-order valence-electron chi connectivity index (χ3n) is 7.89. The lowest BCUT2D eigenvalue weighted by atomic mass is 9.88. The van der Waals surface area contributed by atoms with Gasteiger partial charge in [-0.1, -0.05) is 48.0 Å². The number of aromatic amines is 1. The number of H-pyrrole nitrogens is 1. The third kappa shape index (κ3) is 4.37. The number of piperidine rings is 1. The maximum atomic E-state index is 13.2. The summed E-state index contributed by atoms with van der Waals surface area (Å²) in [5.74, 6) is 1.94. The van der Waals surface area contributed by atoms with E-state index < -0.39 is 0 Å². The van der Waals surface area contributed by atoms with E-state index in [0.717, 1.165) is 35.5 Å². The molecule has 0 amide bonds. The second-order valence-electron chi connectivity index (χ2n) is 9.89. The van der Waals surface area contributed by atoms with Crippen molar-refractivity contribution >= 4 is 22.6 Å². The molecule has 2 unspecified atom stereocenters. The Kier molecular flexibility index (Phi) is 5.88. The highest BCUT2D eigenvalue weighted by atomic mass is 35.5. The molecule has 0 bridgehead atoms. The van der Waals surface area contributed by atoms with Gasteiger partial charge in [0, 0.05) is 16.6 Å². The number of likely N-dealkylation sites (tertiary alicyclic amines) is 1. The normalized spacial score (nSPS) is 21.9. The SMILES string of the molecule is Fc1ccc(C2CCN(C3CCC(c4ccc(-c5nc6ccc(Cl)cc6[nH]5)cc4)C3)CC2)cc1. The second kappa shape index (κ2) is 9.16. The van der Waals surface area contributed by atoms with Crippen LogP contribution in [0.5, 0.6) is 0 Å². The minimum Gasteiger partial charge on any atom is -0.338 e. The van der Waals surface area contributed by atoms with Crippen LogP contribution in [0.4, 0.5) is 4.39 Å². The highest BCUT2D eigenvalue weighted by Crippen LogP contribution is 2.39. The number of halogens is 2. The third-order valence-corrected chi connectivity index (χ3v) is 8.13. The van der Waals surface area contributed by atoms with Crippen molar-refractivity contribution in [2.45, 2.75) is 50.0 Å². The summed E-state index contributed by atoms with van der Waals surface area (Å²) in [6.45, 7) is 2.29. The molecule has 1 N–H and O–H groups in total. The zero-order valence-corrected chi connectivity index (χ0v) is 19.9. The van der Waals surface area contributed by atoms with E-state index in [-0.39, 0.29) is 5.82 Å². The van der Waals surface area contributed by atoms with Gasteiger partial charge in [-0.3, -0.25) is 0 Å². The maximum absolute atomic E-state index is 13.2. The number of hydrogen-bond donors (Lipinski definition) is 1. The van der Waals surface area contributed by atoms with E-state index in [4.69, 9.17) is 16.6 Å². The second-order valence-corrected chi connectivity index (χ2v) is 10.3. The van der Waals surface area contributed by atoms with Crippen LogP contribution < -0.4 is 0 Å². The molecule has 1 aliphatic heterocycles. The lowest BCUT2D eigenvalue weighted by molar-refractivity contribution is 0.153. The van der Waals surface area contributed by atoms with Crippen molar-refractivity contribution in [3.05, 3.63) is 88.7 Å². The Morgan fingerprint density at radius 1 is 0.824 bits per heavy atom. The molecule has 4 aromatic rings. The highest BCUT2D eigenvalue weighted by molar-refractivity contribution is 6.31. The van der Waals surface area contributed by atoms with Crippen LogP contribution in [-0.4, -0.2) is 34.0 Å². The van der Waals surface area contributed by atoms with Crippen molar-refractivity contribution in [1.29, 1.82) is 0 Å². The number of aromatic nitrogens is 2. The van der Waals surface area contributed by atoms with Gasteiger partial charge in [-0.25, -0.2) is 9.37 Å². The average Bonchev–Trinajstić information content (AvgIpc) is 3.52. The quantitative estimate of drug-likeness (QED) is 0.332. The summed E-state index contributed by atoms with van der Waals surface area (Å²) in [5, 5.41) is 0.716.